The number of aromatic nitrogens is 4. The van der Waals surface area contributed by atoms with Crippen LogP contribution in [-0.4, -0.2) is 44.5 Å². The van der Waals surface area contributed by atoms with Crippen molar-refractivity contribution >= 4 is 5.91 Å². The van der Waals surface area contributed by atoms with Crippen LogP contribution in [0.1, 0.15) is 35.5 Å². The molecule has 2 aromatic heterocycles. The Bertz CT molecular complexity index is 878. The van der Waals surface area contributed by atoms with E-state index in [0.717, 1.165) is 30.8 Å². The molecule has 1 atom stereocenters. The van der Waals surface area contributed by atoms with Crippen LogP contribution in [0.25, 0.3) is 5.95 Å². The minimum absolute atomic E-state index is 0.0593. The summed E-state index contributed by atoms with van der Waals surface area (Å²) in [4.78, 5) is 29.7. The first-order chi connectivity index (χ1) is 12.4. The lowest BCUT2D eigenvalue weighted by Crippen LogP contribution is -2.38. The molecule has 0 saturated carbocycles. The van der Waals surface area contributed by atoms with Crippen LogP contribution in [0.2, 0.25) is 0 Å². The van der Waals surface area contributed by atoms with Gasteiger partial charge in [0.25, 0.3) is 5.56 Å². The summed E-state index contributed by atoms with van der Waals surface area (Å²) in [6, 6.07) is 1.91. The Morgan fingerprint density at radius 3 is 2.73 bits per heavy atom. The van der Waals surface area contributed by atoms with Gasteiger partial charge < -0.3 is 10.1 Å². The van der Waals surface area contributed by atoms with E-state index in [4.69, 9.17) is 4.74 Å². The predicted octanol–water partition coefficient (Wildman–Crippen LogP) is 0.958. The zero-order chi connectivity index (χ0) is 18.8. The summed E-state index contributed by atoms with van der Waals surface area (Å²) in [5.74, 6) is 0.117. The molecule has 2 aromatic rings. The molecular weight excluding hydrogens is 334 g/mol. The summed E-state index contributed by atoms with van der Waals surface area (Å²) in [6.07, 6.45) is 2.02. The summed E-state index contributed by atoms with van der Waals surface area (Å²) in [5, 5.41) is 7.26. The molecule has 0 bridgehead atoms. The fraction of sp³-hybridized carbons (Fsp3) is 0.556. The number of aryl methyl sites for hydroxylation is 3. The number of rotatable bonds is 5. The molecule has 1 amide bonds. The molecular formula is C18H25N5O3. The lowest BCUT2D eigenvalue weighted by atomic mass is 10.2. The topological polar surface area (TPSA) is 91.0 Å². The average Bonchev–Trinajstić information content (AvgIpc) is 3.22. The van der Waals surface area contributed by atoms with Gasteiger partial charge in [0.05, 0.1) is 11.8 Å². The van der Waals surface area contributed by atoms with Gasteiger partial charge in [0.15, 0.2) is 0 Å². The number of ether oxygens (including phenoxy) is 1. The predicted molar refractivity (Wildman–Crippen MR) is 96.6 cm³/mol. The first-order valence-corrected chi connectivity index (χ1v) is 8.87. The molecule has 1 saturated heterocycles. The molecule has 26 heavy (non-hydrogen) atoms. The minimum Gasteiger partial charge on any atom is -0.376 e. The Morgan fingerprint density at radius 1 is 1.35 bits per heavy atom. The van der Waals surface area contributed by atoms with Crippen LogP contribution in [0.15, 0.2) is 10.9 Å². The smallest absolute Gasteiger partial charge is 0.258 e. The third-order valence-corrected chi connectivity index (χ3v) is 4.67. The maximum atomic E-state index is 12.8. The Balaban J connectivity index is 1.89. The van der Waals surface area contributed by atoms with Crippen molar-refractivity contribution in [1.82, 2.24) is 24.6 Å². The van der Waals surface area contributed by atoms with Crippen molar-refractivity contribution in [1.29, 1.82) is 0 Å². The third kappa shape index (κ3) is 3.70. The van der Waals surface area contributed by atoms with E-state index < -0.39 is 0 Å². The molecule has 0 spiro atoms. The number of amides is 1. The van der Waals surface area contributed by atoms with Gasteiger partial charge in [-0.05, 0) is 46.6 Å². The maximum Gasteiger partial charge on any atom is 0.258 e. The van der Waals surface area contributed by atoms with Crippen molar-refractivity contribution in [3.63, 3.8) is 0 Å². The zero-order valence-electron chi connectivity index (χ0n) is 15.7. The van der Waals surface area contributed by atoms with Crippen molar-refractivity contribution in [3.8, 4) is 5.95 Å². The average molecular weight is 359 g/mol. The normalized spacial score (nSPS) is 16.8. The molecule has 0 unspecified atom stereocenters. The van der Waals surface area contributed by atoms with Crippen LogP contribution >= 0.6 is 0 Å². The molecule has 1 aliphatic rings. The van der Waals surface area contributed by atoms with Gasteiger partial charge in [-0.2, -0.15) is 5.10 Å². The standard InChI is InChI=1S/C18H25N5O3/c1-11-8-12(2)23(21-11)18-20-14(4)13(3)17(25)22(18)10-16(24)19-9-15-6-5-7-26-15/h8,15H,5-7,9-10H2,1-4H3,(H,19,24)/t15-/m0/s1. The second-order valence-electron chi connectivity index (χ2n) is 6.79. The van der Waals surface area contributed by atoms with Gasteiger partial charge in [0.1, 0.15) is 6.54 Å². The molecule has 0 radical (unpaired) electrons. The number of hydrogen-bond donors (Lipinski definition) is 1. The molecule has 8 heteroatoms. The highest BCUT2D eigenvalue weighted by atomic mass is 16.5. The first-order valence-electron chi connectivity index (χ1n) is 8.87. The quantitative estimate of drug-likeness (QED) is 0.859. The molecule has 3 heterocycles. The van der Waals surface area contributed by atoms with Gasteiger partial charge in [-0.1, -0.05) is 0 Å². The van der Waals surface area contributed by atoms with E-state index in [1.807, 2.05) is 19.9 Å². The highest BCUT2D eigenvalue weighted by Gasteiger charge is 2.20. The fourth-order valence-electron chi connectivity index (χ4n) is 3.11. The van der Waals surface area contributed by atoms with Crippen molar-refractivity contribution in [2.45, 2.75) is 53.2 Å². The van der Waals surface area contributed by atoms with Crippen molar-refractivity contribution in [2.75, 3.05) is 13.2 Å². The fourth-order valence-corrected chi connectivity index (χ4v) is 3.11. The molecule has 1 N–H and O–H groups in total. The molecule has 1 fully saturated rings. The summed E-state index contributed by atoms with van der Waals surface area (Å²) >= 11 is 0. The zero-order valence-corrected chi connectivity index (χ0v) is 15.7. The van der Waals surface area contributed by atoms with Gasteiger partial charge in [-0.3, -0.25) is 14.2 Å². The first kappa shape index (κ1) is 18.3. The molecule has 8 nitrogen and oxygen atoms in total. The molecule has 3 rings (SSSR count). The molecule has 1 aliphatic heterocycles. The second-order valence-corrected chi connectivity index (χ2v) is 6.79. The number of hydrogen-bond acceptors (Lipinski definition) is 5. The largest absolute Gasteiger partial charge is 0.376 e. The van der Waals surface area contributed by atoms with E-state index in [9.17, 15) is 9.59 Å². The molecule has 0 aromatic carbocycles. The molecule has 140 valence electrons. The number of nitrogens with one attached hydrogen (secondary N) is 1. The lowest BCUT2D eigenvalue weighted by molar-refractivity contribution is -0.122. The van der Waals surface area contributed by atoms with Crippen molar-refractivity contribution in [3.05, 3.63) is 39.1 Å². The van der Waals surface area contributed by atoms with Crippen LogP contribution in [-0.2, 0) is 16.1 Å². The number of carbonyl (C=O) groups is 1. The Morgan fingerprint density at radius 2 is 2.12 bits per heavy atom. The van der Waals surface area contributed by atoms with Crippen LogP contribution < -0.4 is 10.9 Å². The van der Waals surface area contributed by atoms with Gasteiger partial charge in [0, 0.05) is 30.1 Å². The third-order valence-electron chi connectivity index (χ3n) is 4.67. The van der Waals surface area contributed by atoms with Crippen molar-refractivity contribution < 1.29 is 9.53 Å². The number of carbonyl (C=O) groups excluding carboxylic acids is 1. The Hall–Kier alpha value is -2.48. The highest BCUT2D eigenvalue weighted by molar-refractivity contribution is 5.76. The monoisotopic (exact) mass is 359 g/mol. The van der Waals surface area contributed by atoms with Crippen LogP contribution in [0.4, 0.5) is 0 Å². The number of nitrogens with zero attached hydrogens (tertiary/aromatic N) is 4. The SMILES string of the molecule is Cc1cc(C)n(-c2nc(C)c(C)c(=O)n2CC(=O)NC[C@@H]2CCCO2)n1. The van der Waals surface area contributed by atoms with Gasteiger partial charge >= 0.3 is 0 Å². The van der Waals surface area contributed by atoms with Crippen molar-refractivity contribution in [2.24, 2.45) is 0 Å². The van der Waals surface area contributed by atoms with Gasteiger partial charge in [0.2, 0.25) is 11.9 Å². The Kier molecular flexibility index (Phi) is 5.22. The molecule has 0 aliphatic carbocycles. The van der Waals surface area contributed by atoms with Crippen LogP contribution in [0, 0.1) is 27.7 Å². The van der Waals surface area contributed by atoms with E-state index >= 15 is 0 Å². The van der Waals surface area contributed by atoms with E-state index in [-0.39, 0.29) is 24.1 Å². The van der Waals surface area contributed by atoms with Gasteiger partial charge in [-0.25, -0.2) is 9.67 Å². The lowest BCUT2D eigenvalue weighted by Gasteiger charge is -2.16. The van der Waals surface area contributed by atoms with Crippen LogP contribution in [0.3, 0.4) is 0 Å². The van der Waals surface area contributed by atoms with Gasteiger partial charge in [-0.15, -0.1) is 0 Å². The minimum atomic E-state index is -0.240. The van der Waals surface area contributed by atoms with E-state index in [0.29, 0.717) is 23.8 Å². The van der Waals surface area contributed by atoms with E-state index in [1.54, 1.807) is 18.5 Å². The summed E-state index contributed by atoms with van der Waals surface area (Å²) in [6.45, 7) is 8.37. The van der Waals surface area contributed by atoms with E-state index in [1.165, 1.54) is 4.57 Å². The maximum absolute atomic E-state index is 12.8. The summed E-state index contributed by atoms with van der Waals surface area (Å²) in [5.41, 5.74) is 2.61. The summed E-state index contributed by atoms with van der Waals surface area (Å²) < 4.78 is 8.50. The second kappa shape index (κ2) is 7.41. The van der Waals surface area contributed by atoms with Crippen LogP contribution in [0.5, 0.6) is 0 Å². The van der Waals surface area contributed by atoms with E-state index in [2.05, 4.69) is 15.4 Å². The summed E-state index contributed by atoms with van der Waals surface area (Å²) in [7, 11) is 0. The highest BCUT2D eigenvalue weighted by Crippen LogP contribution is 2.12. The Labute approximate surface area is 152 Å².